The van der Waals surface area contributed by atoms with Crippen LogP contribution in [0.2, 0.25) is 0 Å². The number of nitrogens with one attached hydrogen (secondary N) is 1. The summed E-state index contributed by atoms with van der Waals surface area (Å²) in [4.78, 5) is 5.32. The monoisotopic (exact) mass is 263 g/mol. The molecular weight excluding hydrogens is 236 g/mol. The van der Waals surface area contributed by atoms with Crippen LogP contribution in [0.3, 0.4) is 0 Å². The van der Waals surface area contributed by atoms with E-state index in [-0.39, 0.29) is 6.10 Å². The molecule has 1 atom stereocenters. The van der Waals surface area contributed by atoms with Gasteiger partial charge in [0.1, 0.15) is 26.7 Å². The first kappa shape index (κ1) is 15.8. The summed E-state index contributed by atoms with van der Waals surface area (Å²) in [5.41, 5.74) is 2.70. The van der Waals surface area contributed by atoms with Gasteiger partial charge >= 0.3 is 0 Å². The van der Waals surface area contributed by atoms with Gasteiger partial charge in [0.05, 0.1) is 19.8 Å². The Morgan fingerprint density at radius 2 is 2.11 bits per heavy atom. The SMILES string of the molecule is CNO[N+](C)(C)CCCOCC1COC(C)(C)O1. The molecule has 1 saturated heterocycles. The maximum atomic E-state index is 5.65. The van der Waals surface area contributed by atoms with Gasteiger partial charge in [-0.2, -0.15) is 10.1 Å². The zero-order chi connectivity index (χ0) is 13.6. The molecule has 0 bridgehead atoms. The Morgan fingerprint density at radius 3 is 2.67 bits per heavy atom. The lowest BCUT2D eigenvalue weighted by Crippen LogP contribution is -2.44. The van der Waals surface area contributed by atoms with E-state index in [1.807, 2.05) is 27.9 Å². The third-order valence-corrected chi connectivity index (χ3v) is 2.69. The van der Waals surface area contributed by atoms with Gasteiger partial charge in [0, 0.05) is 13.5 Å². The molecule has 6 heteroatoms. The number of hydroxylamine groups is 4. The second kappa shape index (κ2) is 6.79. The summed E-state index contributed by atoms with van der Waals surface area (Å²) in [5, 5.41) is 0. The first-order valence-corrected chi connectivity index (χ1v) is 6.42. The van der Waals surface area contributed by atoms with Crippen molar-refractivity contribution in [2.45, 2.75) is 32.2 Å². The molecule has 0 saturated carbocycles. The van der Waals surface area contributed by atoms with Crippen LogP contribution in [0.1, 0.15) is 20.3 Å². The number of rotatable bonds is 8. The van der Waals surface area contributed by atoms with Crippen molar-refractivity contribution in [2.75, 3.05) is 47.5 Å². The summed E-state index contributed by atoms with van der Waals surface area (Å²) in [6.07, 6.45) is 0.988. The maximum Gasteiger partial charge on any atom is 0.163 e. The quantitative estimate of drug-likeness (QED) is 0.396. The van der Waals surface area contributed by atoms with Crippen molar-refractivity contribution < 1.29 is 23.8 Å². The van der Waals surface area contributed by atoms with Crippen molar-refractivity contribution in [3.05, 3.63) is 0 Å². The van der Waals surface area contributed by atoms with Gasteiger partial charge in [0.25, 0.3) is 0 Å². The Morgan fingerprint density at radius 1 is 1.39 bits per heavy atom. The molecule has 1 aliphatic rings. The van der Waals surface area contributed by atoms with E-state index in [0.717, 1.165) is 13.0 Å². The Labute approximate surface area is 110 Å². The van der Waals surface area contributed by atoms with Crippen molar-refractivity contribution in [3.63, 3.8) is 0 Å². The standard InChI is InChI=1S/C12H27N2O4/c1-12(2)16-10-11(17-12)9-15-8-6-7-14(4,5)18-13-3/h11,13H,6-10H2,1-5H3/q+1. The molecule has 1 fully saturated rings. The van der Waals surface area contributed by atoms with Gasteiger partial charge in [0.2, 0.25) is 0 Å². The minimum Gasteiger partial charge on any atom is -0.378 e. The minimum absolute atomic E-state index is 0.0519. The van der Waals surface area contributed by atoms with Crippen LogP contribution in [0, 0.1) is 0 Å². The summed E-state index contributed by atoms with van der Waals surface area (Å²) < 4.78 is 17.2. The zero-order valence-electron chi connectivity index (χ0n) is 12.2. The van der Waals surface area contributed by atoms with Crippen LogP contribution in [-0.2, 0) is 19.1 Å². The molecule has 0 aliphatic carbocycles. The molecule has 108 valence electrons. The fraction of sp³-hybridized carbons (Fsp3) is 1.00. The van der Waals surface area contributed by atoms with Crippen LogP contribution in [0.25, 0.3) is 0 Å². The van der Waals surface area contributed by atoms with Crippen molar-refractivity contribution in [2.24, 2.45) is 0 Å². The summed E-state index contributed by atoms with van der Waals surface area (Å²) in [6.45, 7) is 6.62. The molecule has 1 N–H and O–H groups in total. The van der Waals surface area contributed by atoms with Crippen molar-refractivity contribution in [1.82, 2.24) is 5.48 Å². The summed E-state index contributed by atoms with van der Waals surface area (Å²) in [5.74, 6) is -0.465. The van der Waals surface area contributed by atoms with Gasteiger partial charge in [-0.15, -0.1) is 4.94 Å². The van der Waals surface area contributed by atoms with Crippen molar-refractivity contribution >= 4 is 0 Å². The summed E-state index contributed by atoms with van der Waals surface area (Å²) in [6, 6.07) is 0. The molecule has 1 aliphatic heterocycles. The van der Waals surface area contributed by atoms with E-state index in [9.17, 15) is 0 Å². The molecule has 18 heavy (non-hydrogen) atoms. The van der Waals surface area contributed by atoms with Gasteiger partial charge in [-0.25, -0.2) is 0 Å². The molecule has 0 radical (unpaired) electrons. The maximum absolute atomic E-state index is 5.65. The van der Waals surface area contributed by atoms with E-state index in [4.69, 9.17) is 19.1 Å². The highest BCUT2D eigenvalue weighted by Gasteiger charge is 2.32. The fourth-order valence-corrected chi connectivity index (χ4v) is 1.90. The van der Waals surface area contributed by atoms with E-state index in [0.29, 0.717) is 24.5 Å². The first-order chi connectivity index (χ1) is 8.35. The number of quaternary nitrogens is 1. The molecule has 0 aromatic heterocycles. The van der Waals surface area contributed by atoms with Gasteiger partial charge in [-0.1, -0.05) is 0 Å². The Balaban J connectivity index is 2.03. The third-order valence-electron chi connectivity index (χ3n) is 2.69. The van der Waals surface area contributed by atoms with Crippen LogP contribution in [-0.4, -0.2) is 64.0 Å². The van der Waals surface area contributed by atoms with Crippen LogP contribution in [0.15, 0.2) is 0 Å². The predicted molar refractivity (Wildman–Crippen MR) is 67.5 cm³/mol. The Bertz CT molecular complexity index is 246. The van der Waals surface area contributed by atoms with Gasteiger partial charge in [-0.3, -0.25) is 0 Å². The molecule has 0 aromatic rings. The lowest BCUT2D eigenvalue weighted by atomic mass is 10.4. The highest BCUT2D eigenvalue weighted by atomic mass is 16.8. The predicted octanol–water partition coefficient (Wildman–Crippen LogP) is 0.687. The fourth-order valence-electron chi connectivity index (χ4n) is 1.90. The molecule has 1 rings (SSSR count). The highest BCUT2D eigenvalue weighted by Crippen LogP contribution is 2.22. The molecule has 0 spiro atoms. The molecule has 0 aromatic carbocycles. The second-order valence-corrected chi connectivity index (χ2v) is 5.47. The smallest absolute Gasteiger partial charge is 0.163 e. The van der Waals surface area contributed by atoms with Crippen LogP contribution >= 0.6 is 0 Å². The van der Waals surface area contributed by atoms with Crippen LogP contribution in [0.5, 0.6) is 0 Å². The normalized spacial score (nSPS) is 23.5. The van der Waals surface area contributed by atoms with E-state index >= 15 is 0 Å². The van der Waals surface area contributed by atoms with Crippen molar-refractivity contribution in [1.29, 1.82) is 0 Å². The number of hydrogen-bond donors (Lipinski definition) is 1. The summed E-state index contributed by atoms with van der Waals surface area (Å²) >= 11 is 0. The number of nitrogens with zero attached hydrogens (tertiary/aromatic N) is 1. The van der Waals surface area contributed by atoms with E-state index in [2.05, 4.69) is 5.48 Å². The molecule has 1 heterocycles. The Kier molecular flexibility index (Phi) is 5.97. The zero-order valence-corrected chi connectivity index (χ0v) is 12.2. The van der Waals surface area contributed by atoms with Crippen molar-refractivity contribution in [3.8, 4) is 0 Å². The van der Waals surface area contributed by atoms with Crippen LogP contribution < -0.4 is 5.48 Å². The average molecular weight is 263 g/mol. The largest absolute Gasteiger partial charge is 0.378 e. The molecule has 1 unspecified atom stereocenters. The highest BCUT2D eigenvalue weighted by molar-refractivity contribution is 4.70. The second-order valence-electron chi connectivity index (χ2n) is 5.47. The van der Waals surface area contributed by atoms with Gasteiger partial charge < -0.3 is 14.2 Å². The van der Waals surface area contributed by atoms with Gasteiger partial charge in [0.15, 0.2) is 5.79 Å². The van der Waals surface area contributed by atoms with Gasteiger partial charge in [-0.05, 0) is 13.8 Å². The Hall–Kier alpha value is -0.240. The lowest BCUT2D eigenvalue weighted by Gasteiger charge is -2.25. The van der Waals surface area contributed by atoms with E-state index in [1.54, 1.807) is 7.05 Å². The lowest BCUT2D eigenvalue weighted by molar-refractivity contribution is -1.09. The molecular formula is C12H27N2O4+. The first-order valence-electron chi connectivity index (χ1n) is 6.42. The number of ether oxygens (including phenoxy) is 3. The molecule has 0 amide bonds. The van der Waals surface area contributed by atoms with E-state index < -0.39 is 5.79 Å². The minimum atomic E-state index is -0.465. The molecule has 6 nitrogen and oxygen atoms in total. The van der Waals surface area contributed by atoms with Crippen LogP contribution in [0.4, 0.5) is 0 Å². The third kappa shape index (κ3) is 6.08. The summed E-state index contributed by atoms with van der Waals surface area (Å²) in [7, 11) is 5.75. The van der Waals surface area contributed by atoms with E-state index in [1.165, 1.54) is 0 Å². The topological polar surface area (TPSA) is 49.0 Å². The number of hydrogen-bond acceptors (Lipinski definition) is 5. The average Bonchev–Trinajstić information content (AvgIpc) is 2.57.